The van der Waals surface area contributed by atoms with Gasteiger partial charge < -0.3 is 4.90 Å². The van der Waals surface area contributed by atoms with E-state index in [0.29, 0.717) is 12.2 Å². The minimum Gasteiger partial charge on any atom is -0.368 e. The first-order valence-electron chi connectivity index (χ1n) is 4.58. The Labute approximate surface area is 91.9 Å². The summed E-state index contributed by atoms with van der Waals surface area (Å²) in [5.74, 6) is -0.649. The molecule has 0 N–H and O–H groups in total. The van der Waals surface area contributed by atoms with Crippen molar-refractivity contribution >= 4 is 11.4 Å². The Morgan fingerprint density at radius 3 is 2.88 bits per heavy atom. The van der Waals surface area contributed by atoms with Gasteiger partial charge in [-0.25, -0.2) is 4.39 Å². The molecule has 0 radical (unpaired) electrons. The first-order chi connectivity index (χ1) is 7.56. The summed E-state index contributed by atoms with van der Waals surface area (Å²) in [7, 11) is 1.62. The largest absolute Gasteiger partial charge is 0.368 e. The highest BCUT2D eigenvalue weighted by Crippen LogP contribution is 2.27. The summed E-state index contributed by atoms with van der Waals surface area (Å²) in [6.45, 7) is 0.364. The fourth-order valence-corrected chi connectivity index (χ4v) is 1.30. The third kappa shape index (κ3) is 2.67. The molecule has 0 aliphatic carbocycles. The van der Waals surface area contributed by atoms with E-state index in [0.717, 1.165) is 12.1 Å². The molecule has 0 bridgehead atoms. The molecule has 0 aliphatic heterocycles. The van der Waals surface area contributed by atoms with Crippen LogP contribution < -0.4 is 4.90 Å². The molecule has 1 aromatic carbocycles. The number of anilines is 1. The Bertz CT molecular complexity index is 442. The molecule has 0 atom stereocenters. The minimum absolute atomic E-state index is 0.255. The Kier molecular flexibility index (Phi) is 3.78. The predicted octanol–water partition coefficient (Wildman–Crippen LogP) is 2.08. The summed E-state index contributed by atoms with van der Waals surface area (Å²) in [5.41, 5.74) is 0.0158. The molecule has 1 rings (SSSR count). The molecule has 1 aromatic rings. The third-order valence-electron chi connectivity index (χ3n) is 2.10. The first kappa shape index (κ1) is 11.9. The number of nitriles is 1. The van der Waals surface area contributed by atoms with Crippen LogP contribution in [0.25, 0.3) is 0 Å². The summed E-state index contributed by atoms with van der Waals surface area (Å²) in [6.07, 6.45) is 0.255. The van der Waals surface area contributed by atoms with E-state index in [4.69, 9.17) is 5.26 Å². The first-order valence-corrected chi connectivity index (χ1v) is 4.58. The van der Waals surface area contributed by atoms with Crippen molar-refractivity contribution in [3.05, 3.63) is 34.1 Å². The van der Waals surface area contributed by atoms with Crippen LogP contribution in [-0.4, -0.2) is 18.5 Å². The average molecular weight is 223 g/mol. The van der Waals surface area contributed by atoms with E-state index in [2.05, 4.69) is 0 Å². The van der Waals surface area contributed by atoms with Crippen LogP contribution >= 0.6 is 0 Å². The molecule has 16 heavy (non-hydrogen) atoms. The molecule has 0 heterocycles. The topological polar surface area (TPSA) is 70.2 Å². The SMILES string of the molecule is CN(CCC#N)c1ccc(F)cc1[N+](=O)[O-]. The number of nitrogens with zero attached hydrogens (tertiary/aromatic N) is 3. The zero-order valence-electron chi connectivity index (χ0n) is 8.68. The second-order valence-electron chi connectivity index (χ2n) is 3.22. The van der Waals surface area contributed by atoms with Gasteiger partial charge in [0.05, 0.1) is 23.5 Å². The fraction of sp³-hybridized carbons (Fsp3) is 0.300. The average Bonchev–Trinajstić information content (AvgIpc) is 2.25. The third-order valence-corrected chi connectivity index (χ3v) is 2.10. The van der Waals surface area contributed by atoms with Crippen LogP contribution in [0.5, 0.6) is 0 Å². The van der Waals surface area contributed by atoms with Gasteiger partial charge in [0.25, 0.3) is 5.69 Å². The number of benzene rings is 1. The lowest BCUT2D eigenvalue weighted by Crippen LogP contribution is -2.19. The van der Waals surface area contributed by atoms with Gasteiger partial charge in [-0.3, -0.25) is 10.1 Å². The van der Waals surface area contributed by atoms with Gasteiger partial charge in [0.15, 0.2) is 0 Å². The molecule has 0 aliphatic rings. The number of hydrogen-bond acceptors (Lipinski definition) is 4. The Balaban J connectivity index is 3.03. The van der Waals surface area contributed by atoms with Crippen molar-refractivity contribution in [2.75, 3.05) is 18.5 Å². The molecule has 0 saturated carbocycles. The number of hydrogen-bond donors (Lipinski definition) is 0. The van der Waals surface area contributed by atoms with Crippen LogP contribution in [0, 0.1) is 27.3 Å². The van der Waals surface area contributed by atoms with Crippen molar-refractivity contribution in [3.63, 3.8) is 0 Å². The van der Waals surface area contributed by atoms with Crippen molar-refractivity contribution in [3.8, 4) is 6.07 Å². The lowest BCUT2D eigenvalue weighted by atomic mass is 10.2. The molecule has 5 nitrogen and oxygen atoms in total. The number of rotatable bonds is 4. The smallest absolute Gasteiger partial charge is 0.295 e. The van der Waals surface area contributed by atoms with Gasteiger partial charge in [-0.05, 0) is 12.1 Å². The monoisotopic (exact) mass is 223 g/mol. The Morgan fingerprint density at radius 2 is 2.31 bits per heavy atom. The lowest BCUT2D eigenvalue weighted by Gasteiger charge is -2.17. The van der Waals surface area contributed by atoms with Crippen LogP contribution in [0.15, 0.2) is 18.2 Å². The van der Waals surface area contributed by atoms with Gasteiger partial charge in [0, 0.05) is 13.6 Å². The lowest BCUT2D eigenvalue weighted by molar-refractivity contribution is -0.384. The number of halogens is 1. The molecule has 0 aromatic heterocycles. The molecule has 84 valence electrons. The zero-order chi connectivity index (χ0) is 12.1. The predicted molar refractivity (Wildman–Crippen MR) is 56.6 cm³/mol. The molecule has 6 heteroatoms. The van der Waals surface area contributed by atoms with E-state index < -0.39 is 10.7 Å². The maximum atomic E-state index is 12.8. The van der Waals surface area contributed by atoms with E-state index in [-0.39, 0.29) is 12.1 Å². The Hall–Kier alpha value is -2.16. The highest BCUT2D eigenvalue weighted by molar-refractivity contribution is 5.62. The van der Waals surface area contributed by atoms with Crippen molar-refractivity contribution in [1.82, 2.24) is 0 Å². The van der Waals surface area contributed by atoms with Gasteiger partial charge in [0.1, 0.15) is 11.5 Å². The second-order valence-corrected chi connectivity index (χ2v) is 3.22. The van der Waals surface area contributed by atoms with Crippen molar-refractivity contribution < 1.29 is 9.31 Å². The summed E-state index contributed by atoms with van der Waals surface area (Å²) in [5, 5.41) is 19.1. The van der Waals surface area contributed by atoms with Crippen LogP contribution in [0.2, 0.25) is 0 Å². The van der Waals surface area contributed by atoms with E-state index in [1.165, 1.54) is 6.07 Å². The zero-order valence-corrected chi connectivity index (χ0v) is 8.68. The van der Waals surface area contributed by atoms with Crippen molar-refractivity contribution in [2.24, 2.45) is 0 Å². The number of nitro benzene ring substituents is 1. The highest BCUT2D eigenvalue weighted by atomic mass is 19.1. The summed E-state index contributed by atoms with van der Waals surface area (Å²) >= 11 is 0. The molecule has 0 unspecified atom stereocenters. The van der Waals surface area contributed by atoms with Gasteiger partial charge in [-0.1, -0.05) is 0 Å². The van der Waals surface area contributed by atoms with Gasteiger partial charge in [-0.2, -0.15) is 5.26 Å². The Morgan fingerprint density at radius 1 is 1.62 bits per heavy atom. The maximum absolute atomic E-state index is 12.8. The summed E-state index contributed by atoms with van der Waals surface area (Å²) < 4.78 is 12.8. The van der Waals surface area contributed by atoms with Crippen LogP contribution in [0.1, 0.15) is 6.42 Å². The van der Waals surface area contributed by atoms with E-state index in [1.807, 2.05) is 6.07 Å². The van der Waals surface area contributed by atoms with Crippen molar-refractivity contribution in [2.45, 2.75) is 6.42 Å². The normalized spacial score (nSPS) is 9.56. The van der Waals surface area contributed by atoms with Crippen LogP contribution in [0.4, 0.5) is 15.8 Å². The van der Waals surface area contributed by atoms with Gasteiger partial charge in [-0.15, -0.1) is 0 Å². The standard InChI is InChI=1S/C10H10FN3O2/c1-13(6-2-5-12)9-4-3-8(11)7-10(9)14(15)16/h3-4,7H,2,6H2,1H3. The van der Waals surface area contributed by atoms with Crippen LogP contribution in [-0.2, 0) is 0 Å². The fourth-order valence-electron chi connectivity index (χ4n) is 1.30. The van der Waals surface area contributed by atoms with Gasteiger partial charge in [0.2, 0.25) is 0 Å². The second kappa shape index (κ2) is 5.07. The quantitative estimate of drug-likeness (QED) is 0.578. The van der Waals surface area contributed by atoms with E-state index in [9.17, 15) is 14.5 Å². The summed E-state index contributed by atoms with van der Waals surface area (Å²) in [4.78, 5) is 11.6. The maximum Gasteiger partial charge on any atom is 0.295 e. The number of nitro groups is 1. The van der Waals surface area contributed by atoms with Gasteiger partial charge >= 0.3 is 0 Å². The van der Waals surface area contributed by atoms with E-state index >= 15 is 0 Å². The highest BCUT2D eigenvalue weighted by Gasteiger charge is 2.17. The van der Waals surface area contributed by atoms with Crippen LogP contribution in [0.3, 0.4) is 0 Å². The molecule has 0 saturated heterocycles. The van der Waals surface area contributed by atoms with Crippen molar-refractivity contribution in [1.29, 1.82) is 5.26 Å². The minimum atomic E-state index is -0.649. The summed E-state index contributed by atoms with van der Waals surface area (Å²) in [6, 6.07) is 5.31. The molecule has 0 spiro atoms. The molecular formula is C10H10FN3O2. The van der Waals surface area contributed by atoms with E-state index in [1.54, 1.807) is 11.9 Å². The molecule has 0 amide bonds. The molecular weight excluding hydrogens is 213 g/mol. The molecule has 0 fully saturated rings.